The van der Waals surface area contributed by atoms with E-state index in [0.29, 0.717) is 13.1 Å². The summed E-state index contributed by atoms with van der Waals surface area (Å²) in [6.07, 6.45) is 1.15. The molecule has 0 spiro atoms. The lowest BCUT2D eigenvalue weighted by atomic mass is 10.1. The van der Waals surface area contributed by atoms with E-state index in [0.717, 1.165) is 23.2 Å². The third kappa shape index (κ3) is 5.75. The zero-order valence-corrected chi connectivity index (χ0v) is 15.2. The van der Waals surface area contributed by atoms with E-state index in [4.69, 9.17) is 0 Å². The van der Waals surface area contributed by atoms with Gasteiger partial charge >= 0.3 is 0 Å². The Hall–Kier alpha value is -2.62. The molecular weight excluding hydrogens is 312 g/mol. The number of carbonyl (C=O) groups is 2. The molecule has 0 saturated carbocycles. The lowest BCUT2D eigenvalue weighted by molar-refractivity contribution is -0.129. The molecule has 0 aromatic heterocycles. The Bertz CT molecular complexity index is 723. The van der Waals surface area contributed by atoms with Gasteiger partial charge in [-0.3, -0.25) is 9.59 Å². The Morgan fingerprint density at radius 2 is 1.72 bits per heavy atom. The van der Waals surface area contributed by atoms with Crippen molar-refractivity contribution in [2.24, 2.45) is 0 Å². The first-order valence-electron chi connectivity index (χ1n) is 8.68. The minimum atomic E-state index is -0.0731. The summed E-state index contributed by atoms with van der Waals surface area (Å²) in [7, 11) is 0. The van der Waals surface area contributed by atoms with Gasteiger partial charge in [-0.2, -0.15) is 0 Å². The summed E-state index contributed by atoms with van der Waals surface area (Å²) in [5.41, 5.74) is 4.21. The zero-order valence-electron chi connectivity index (χ0n) is 15.2. The Kier molecular flexibility index (Phi) is 6.75. The second-order valence-electron chi connectivity index (χ2n) is 6.24. The maximum atomic E-state index is 12.3. The van der Waals surface area contributed by atoms with Crippen molar-refractivity contribution in [2.75, 3.05) is 11.9 Å². The average Bonchev–Trinajstić information content (AvgIpc) is 2.60. The molecule has 0 fully saturated rings. The highest BCUT2D eigenvalue weighted by Crippen LogP contribution is 2.16. The molecule has 4 nitrogen and oxygen atoms in total. The molecule has 0 bridgehead atoms. The molecule has 0 unspecified atom stereocenters. The first-order valence-corrected chi connectivity index (χ1v) is 8.68. The van der Waals surface area contributed by atoms with Gasteiger partial charge in [-0.15, -0.1) is 0 Å². The Labute approximate surface area is 149 Å². The SMILES string of the molecule is CCc1ccccc1NC(=O)CCN(Cc1ccc(C)cc1)C(C)=O. The molecule has 132 valence electrons. The molecule has 2 aromatic rings. The summed E-state index contributed by atoms with van der Waals surface area (Å²) >= 11 is 0. The number of para-hydroxylation sites is 1. The van der Waals surface area contributed by atoms with Crippen molar-refractivity contribution in [1.82, 2.24) is 4.90 Å². The van der Waals surface area contributed by atoms with E-state index < -0.39 is 0 Å². The molecule has 0 radical (unpaired) electrons. The molecule has 1 N–H and O–H groups in total. The largest absolute Gasteiger partial charge is 0.338 e. The van der Waals surface area contributed by atoms with Gasteiger partial charge in [0, 0.05) is 32.1 Å². The van der Waals surface area contributed by atoms with Crippen molar-refractivity contribution >= 4 is 17.5 Å². The number of anilines is 1. The van der Waals surface area contributed by atoms with Crippen LogP contribution in [0.25, 0.3) is 0 Å². The van der Waals surface area contributed by atoms with Gasteiger partial charge in [0.05, 0.1) is 0 Å². The third-order valence-electron chi connectivity index (χ3n) is 4.22. The predicted molar refractivity (Wildman–Crippen MR) is 101 cm³/mol. The molecule has 0 aliphatic carbocycles. The number of rotatable bonds is 7. The first kappa shape index (κ1) is 18.7. The molecule has 0 saturated heterocycles. The highest BCUT2D eigenvalue weighted by atomic mass is 16.2. The van der Waals surface area contributed by atoms with Gasteiger partial charge in [0.15, 0.2) is 0 Å². The fraction of sp³-hybridized carbons (Fsp3) is 0.333. The Morgan fingerprint density at radius 1 is 1.04 bits per heavy atom. The Morgan fingerprint density at radius 3 is 2.36 bits per heavy atom. The van der Waals surface area contributed by atoms with Gasteiger partial charge in [0.25, 0.3) is 0 Å². The number of nitrogens with one attached hydrogen (secondary N) is 1. The van der Waals surface area contributed by atoms with Crippen molar-refractivity contribution in [3.8, 4) is 0 Å². The van der Waals surface area contributed by atoms with Gasteiger partial charge in [0.1, 0.15) is 0 Å². The van der Waals surface area contributed by atoms with Crippen LogP contribution in [0, 0.1) is 6.92 Å². The van der Waals surface area contributed by atoms with E-state index in [9.17, 15) is 9.59 Å². The van der Waals surface area contributed by atoms with Gasteiger partial charge in [-0.25, -0.2) is 0 Å². The quantitative estimate of drug-likeness (QED) is 0.831. The number of hydrogen-bond acceptors (Lipinski definition) is 2. The zero-order chi connectivity index (χ0) is 18.2. The summed E-state index contributed by atoms with van der Waals surface area (Å²) in [6.45, 7) is 6.56. The predicted octanol–water partition coefficient (Wildman–Crippen LogP) is 3.93. The van der Waals surface area contributed by atoms with Crippen LogP contribution in [0.3, 0.4) is 0 Å². The highest BCUT2D eigenvalue weighted by Gasteiger charge is 2.12. The number of aryl methyl sites for hydroxylation is 2. The Balaban J connectivity index is 1.93. The number of nitrogens with zero attached hydrogens (tertiary/aromatic N) is 1. The monoisotopic (exact) mass is 338 g/mol. The molecule has 2 aromatic carbocycles. The summed E-state index contributed by atoms with van der Waals surface area (Å²) in [4.78, 5) is 25.8. The van der Waals surface area contributed by atoms with Crippen molar-refractivity contribution < 1.29 is 9.59 Å². The van der Waals surface area contributed by atoms with Gasteiger partial charge in [0.2, 0.25) is 11.8 Å². The maximum absolute atomic E-state index is 12.3. The fourth-order valence-electron chi connectivity index (χ4n) is 2.66. The molecule has 4 heteroatoms. The third-order valence-corrected chi connectivity index (χ3v) is 4.22. The minimum absolute atomic E-state index is 0.0256. The lowest BCUT2D eigenvalue weighted by Gasteiger charge is -2.21. The van der Waals surface area contributed by atoms with E-state index in [-0.39, 0.29) is 18.2 Å². The number of amides is 2. The number of carbonyl (C=O) groups excluding carboxylic acids is 2. The summed E-state index contributed by atoms with van der Waals surface area (Å²) < 4.78 is 0. The van der Waals surface area contributed by atoms with Crippen LogP contribution >= 0.6 is 0 Å². The van der Waals surface area contributed by atoms with Crippen LogP contribution in [-0.4, -0.2) is 23.3 Å². The van der Waals surface area contributed by atoms with Crippen molar-refractivity contribution in [2.45, 2.75) is 40.2 Å². The fourth-order valence-corrected chi connectivity index (χ4v) is 2.66. The molecule has 0 aliphatic heterocycles. The highest BCUT2D eigenvalue weighted by molar-refractivity contribution is 5.91. The molecular formula is C21H26N2O2. The number of hydrogen-bond donors (Lipinski definition) is 1. The average molecular weight is 338 g/mol. The topological polar surface area (TPSA) is 49.4 Å². The second-order valence-corrected chi connectivity index (χ2v) is 6.24. The molecule has 25 heavy (non-hydrogen) atoms. The van der Waals surface area contributed by atoms with Gasteiger partial charge < -0.3 is 10.2 Å². The molecule has 2 amide bonds. The lowest BCUT2D eigenvalue weighted by Crippen LogP contribution is -2.31. The molecule has 2 rings (SSSR count). The van der Waals surface area contributed by atoms with E-state index in [1.54, 1.807) is 11.8 Å². The molecule has 0 atom stereocenters. The molecule has 0 heterocycles. The summed E-state index contributed by atoms with van der Waals surface area (Å²) in [6, 6.07) is 15.9. The van der Waals surface area contributed by atoms with Crippen molar-refractivity contribution in [3.63, 3.8) is 0 Å². The van der Waals surface area contributed by atoms with Crippen LogP contribution in [0.2, 0.25) is 0 Å². The van der Waals surface area contributed by atoms with Crippen LogP contribution in [0.1, 0.15) is 37.0 Å². The summed E-state index contributed by atoms with van der Waals surface area (Å²) in [5, 5.41) is 2.95. The van der Waals surface area contributed by atoms with Gasteiger partial charge in [-0.1, -0.05) is 55.0 Å². The van der Waals surface area contributed by atoms with Crippen LogP contribution in [0.5, 0.6) is 0 Å². The molecule has 0 aliphatic rings. The minimum Gasteiger partial charge on any atom is -0.338 e. The van der Waals surface area contributed by atoms with Crippen LogP contribution in [0.4, 0.5) is 5.69 Å². The normalized spacial score (nSPS) is 10.4. The van der Waals surface area contributed by atoms with E-state index in [1.165, 1.54) is 5.56 Å². The van der Waals surface area contributed by atoms with Crippen molar-refractivity contribution in [1.29, 1.82) is 0 Å². The van der Waals surface area contributed by atoms with Gasteiger partial charge in [-0.05, 0) is 30.5 Å². The van der Waals surface area contributed by atoms with E-state index >= 15 is 0 Å². The van der Waals surface area contributed by atoms with Crippen LogP contribution < -0.4 is 5.32 Å². The van der Waals surface area contributed by atoms with E-state index in [1.807, 2.05) is 55.5 Å². The smallest absolute Gasteiger partial charge is 0.226 e. The standard InChI is InChI=1S/C21H26N2O2/c1-4-19-7-5-6-8-20(19)22-21(25)13-14-23(17(3)24)15-18-11-9-16(2)10-12-18/h5-12H,4,13-15H2,1-3H3,(H,22,25). The summed E-state index contributed by atoms with van der Waals surface area (Å²) in [5.74, 6) is -0.0987. The first-order chi connectivity index (χ1) is 12.0. The number of benzene rings is 2. The van der Waals surface area contributed by atoms with Crippen molar-refractivity contribution in [3.05, 3.63) is 65.2 Å². The second kappa shape index (κ2) is 9.02. The van der Waals surface area contributed by atoms with Crippen LogP contribution in [-0.2, 0) is 22.6 Å². The maximum Gasteiger partial charge on any atom is 0.226 e. The van der Waals surface area contributed by atoms with E-state index in [2.05, 4.69) is 12.2 Å². The van der Waals surface area contributed by atoms with Crippen LogP contribution in [0.15, 0.2) is 48.5 Å².